The first-order valence-electron chi connectivity index (χ1n) is 4.38. The molecule has 0 amide bonds. The Morgan fingerprint density at radius 2 is 2.00 bits per heavy atom. The van der Waals surface area contributed by atoms with Crippen molar-refractivity contribution in [2.45, 2.75) is 13.3 Å². The van der Waals surface area contributed by atoms with Gasteiger partial charge in [0.05, 0.1) is 0 Å². The van der Waals surface area contributed by atoms with E-state index < -0.39 is 11.1 Å². The van der Waals surface area contributed by atoms with E-state index in [1.807, 2.05) is 6.92 Å². The van der Waals surface area contributed by atoms with Gasteiger partial charge in [-0.05, 0) is 30.0 Å². The Hall–Kier alpha value is -0.740. The lowest BCUT2D eigenvalue weighted by Crippen LogP contribution is -2.09. The van der Waals surface area contributed by atoms with Crippen molar-refractivity contribution in [2.75, 3.05) is 5.75 Å². The lowest BCUT2D eigenvalue weighted by Gasteiger charge is -2.12. The summed E-state index contributed by atoms with van der Waals surface area (Å²) < 4.78 is 33.3. The van der Waals surface area contributed by atoms with Crippen LogP contribution >= 0.6 is 0 Å². The minimum Gasteiger partial charge on any atom is -0.772 e. The van der Waals surface area contributed by atoms with Crippen LogP contribution in [-0.2, 0) is 17.5 Å². The molecule has 0 aliphatic carbocycles. The van der Waals surface area contributed by atoms with Gasteiger partial charge in [0.25, 0.3) is 0 Å². The average molecular weight is 215 g/mol. The molecule has 0 aromatic heterocycles. The van der Waals surface area contributed by atoms with Gasteiger partial charge in [-0.25, -0.2) is 4.39 Å². The molecule has 0 fully saturated rings. The van der Waals surface area contributed by atoms with Crippen molar-refractivity contribution in [3.63, 3.8) is 0 Å². The van der Waals surface area contributed by atoms with Gasteiger partial charge in [-0.15, -0.1) is 0 Å². The maximum Gasteiger partial charge on any atom is 0.123 e. The topological polar surface area (TPSA) is 40.1 Å². The Kier molecular flexibility index (Phi) is 4.22. The number of rotatable bonds is 4. The van der Waals surface area contributed by atoms with E-state index in [4.69, 9.17) is 0 Å². The first kappa shape index (κ1) is 11.3. The second-order valence-electron chi connectivity index (χ2n) is 3.41. The zero-order valence-corrected chi connectivity index (χ0v) is 8.72. The molecule has 1 aromatic carbocycles. The molecular weight excluding hydrogens is 203 g/mol. The highest BCUT2D eigenvalue weighted by atomic mass is 32.2. The molecule has 1 rings (SSSR count). The fourth-order valence-electron chi connectivity index (χ4n) is 1.31. The van der Waals surface area contributed by atoms with Gasteiger partial charge in [-0.1, -0.05) is 30.1 Å². The molecule has 1 aromatic rings. The first-order valence-corrected chi connectivity index (χ1v) is 5.62. The SMILES string of the molecule is CC(Cc1ccc(F)cc1)CS(=O)[O-]. The van der Waals surface area contributed by atoms with E-state index in [9.17, 15) is 13.2 Å². The van der Waals surface area contributed by atoms with E-state index in [0.717, 1.165) is 5.56 Å². The lowest BCUT2D eigenvalue weighted by atomic mass is 10.0. The van der Waals surface area contributed by atoms with Crippen LogP contribution in [0, 0.1) is 11.7 Å². The van der Waals surface area contributed by atoms with Gasteiger partial charge in [0.15, 0.2) is 0 Å². The molecule has 0 aliphatic rings. The summed E-state index contributed by atoms with van der Waals surface area (Å²) in [5, 5.41) is 0. The molecule has 2 nitrogen and oxygen atoms in total. The van der Waals surface area contributed by atoms with Crippen LogP contribution in [0.3, 0.4) is 0 Å². The second kappa shape index (κ2) is 5.22. The van der Waals surface area contributed by atoms with Gasteiger partial charge in [0, 0.05) is 5.75 Å². The molecule has 78 valence electrons. The van der Waals surface area contributed by atoms with E-state index in [2.05, 4.69) is 0 Å². The molecule has 0 bridgehead atoms. The Balaban J connectivity index is 2.51. The highest BCUT2D eigenvalue weighted by Gasteiger charge is 2.03. The normalized spacial score (nSPS) is 15.1. The van der Waals surface area contributed by atoms with Gasteiger partial charge < -0.3 is 4.55 Å². The Morgan fingerprint density at radius 3 is 2.50 bits per heavy atom. The van der Waals surface area contributed by atoms with Crippen LogP contribution in [0.2, 0.25) is 0 Å². The quantitative estimate of drug-likeness (QED) is 0.719. The zero-order valence-electron chi connectivity index (χ0n) is 7.90. The first-order chi connectivity index (χ1) is 6.58. The highest BCUT2D eigenvalue weighted by molar-refractivity contribution is 7.79. The molecule has 0 spiro atoms. The summed E-state index contributed by atoms with van der Waals surface area (Å²) in [4.78, 5) is 0. The van der Waals surface area contributed by atoms with Gasteiger partial charge in [0.2, 0.25) is 0 Å². The third-order valence-corrected chi connectivity index (χ3v) is 2.76. The van der Waals surface area contributed by atoms with Gasteiger partial charge >= 0.3 is 0 Å². The maximum absolute atomic E-state index is 12.5. The Morgan fingerprint density at radius 1 is 1.43 bits per heavy atom. The molecule has 0 saturated heterocycles. The standard InChI is InChI=1S/C10H13FO2S/c1-8(7-14(12)13)6-9-2-4-10(11)5-3-9/h2-5,8H,6-7H2,1H3,(H,12,13)/p-1. The lowest BCUT2D eigenvalue weighted by molar-refractivity contribution is 0.519. The van der Waals surface area contributed by atoms with Crippen molar-refractivity contribution in [1.29, 1.82) is 0 Å². The van der Waals surface area contributed by atoms with Crippen LogP contribution in [0.25, 0.3) is 0 Å². The molecular formula is C10H12FO2S-. The monoisotopic (exact) mass is 215 g/mol. The molecule has 0 saturated carbocycles. The second-order valence-corrected chi connectivity index (χ2v) is 4.35. The average Bonchev–Trinajstić information content (AvgIpc) is 2.07. The molecule has 14 heavy (non-hydrogen) atoms. The summed E-state index contributed by atoms with van der Waals surface area (Å²) in [6.45, 7) is 1.86. The van der Waals surface area contributed by atoms with E-state index >= 15 is 0 Å². The molecule has 0 aliphatic heterocycles. The van der Waals surface area contributed by atoms with Crippen molar-refractivity contribution in [3.8, 4) is 0 Å². The summed E-state index contributed by atoms with van der Waals surface area (Å²) in [7, 11) is 0. The summed E-state index contributed by atoms with van der Waals surface area (Å²) in [6.07, 6.45) is 0.661. The fraction of sp³-hybridized carbons (Fsp3) is 0.400. The molecule has 0 N–H and O–H groups in total. The largest absolute Gasteiger partial charge is 0.772 e. The number of hydrogen-bond acceptors (Lipinski definition) is 2. The summed E-state index contributed by atoms with van der Waals surface area (Å²) >= 11 is -2.00. The van der Waals surface area contributed by atoms with Crippen molar-refractivity contribution in [1.82, 2.24) is 0 Å². The Labute approximate surface area is 85.4 Å². The van der Waals surface area contributed by atoms with Crippen molar-refractivity contribution < 1.29 is 13.2 Å². The summed E-state index contributed by atoms with van der Waals surface area (Å²) in [5.74, 6) is -0.0511. The van der Waals surface area contributed by atoms with E-state index in [-0.39, 0.29) is 17.5 Å². The molecule has 4 heteroatoms. The van der Waals surface area contributed by atoms with Gasteiger partial charge in [0.1, 0.15) is 5.82 Å². The van der Waals surface area contributed by atoms with Crippen LogP contribution in [0.15, 0.2) is 24.3 Å². The number of hydrogen-bond donors (Lipinski definition) is 0. The molecule has 2 unspecified atom stereocenters. The zero-order chi connectivity index (χ0) is 10.6. The van der Waals surface area contributed by atoms with Crippen LogP contribution in [-0.4, -0.2) is 14.5 Å². The Bertz CT molecular complexity index is 310. The predicted molar refractivity (Wildman–Crippen MR) is 53.1 cm³/mol. The van der Waals surface area contributed by atoms with E-state index in [1.54, 1.807) is 12.1 Å². The molecule has 2 atom stereocenters. The van der Waals surface area contributed by atoms with E-state index in [1.165, 1.54) is 12.1 Å². The number of benzene rings is 1. The maximum atomic E-state index is 12.5. The minimum absolute atomic E-state index is 0.0683. The van der Waals surface area contributed by atoms with E-state index in [0.29, 0.717) is 6.42 Å². The molecule has 0 heterocycles. The fourth-order valence-corrected chi connectivity index (χ4v) is 1.90. The van der Waals surface area contributed by atoms with Gasteiger partial charge in [-0.3, -0.25) is 4.21 Å². The third-order valence-electron chi connectivity index (χ3n) is 1.92. The minimum atomic E-state index is -2.00. The smallest absolute Gasteiger partial charge is 0.123 e. The van der Waals surface area contributed by atoms with Crippen molar-refractivity contribution in [2.24, 2.45) is 5.92 Å². The summed E-state index contributed by atoms with van der Waals surface area (Å²) in [6, 6.07) is 6.13. The van der Waals surface area contributed by atoms with Crippen molar-refractivity contribution >= 4 is 11.1 Å². The van der Waals surface area contributed by atoms with Gasteiger partial charge in [-0.2, -0.15) is 0 Å². The van der Waals surface area contributed by atoms with Crippen LogP contribution < -0.4 is 0 Å². The highest BCUT2D eigenvalue weighted by Crippen LogP contribution is 2.10. The van der Waals surface area contributed by atoms with Crippen molar-refractivity contribution in [3.05, 3.63) is 35.6 Å². The van der Waals surface area contributed by atoms with Crippen LogP contribution in [0.5, 0.6) is 0 Å². The molecule has 0 radical (unpaired) electrons. The third kappa shape index (κ3) is 3.98. The number of halogens is 1. The predicted octanol–water partition coefficient (Wildman–Crippen LogP) is 1.88. The van der Waals surface area contributed by atoms with Crippen LogP contribution in [0.1, 0.15) is 12.5 Å². The summed E-state index contributed by atoms with van der Waals surface area (Å²) in [5.41, 5.74) is 0.962. The van der Waals surface area contributed by atoms with Crippen LogP contribution in [0.4, 0.5) is 4.39 Å².